The minimum Gasteiger partial charge on any atom is -0.381 e. The SMILES string of the molecule is CNC(C)C1CCN(CC2CCOCC2)CC1. The van der Waals surface area contributed by atoms with E-state index in [0.717, 1.165) is 25.0 Å². The van der Waals surface area contributed by atoms with Gasteiger partial charge in [-0.2, -0.15) is 0 Å². The van der Waals surface area contributed by atoms with E-state index in [2.05, 4.69) is 24.2 Å². The number of hydrogen-bond donors (Lipinski definition) is 1. The van der Waals surface area contributed by atoms with Crippen LogP contribution in [0.2, 0.25) is 0 Å². The smallest absolute Gasteiger partial charge is 0.0469 e. The highest BCUT2D eigenvalue weighted by molar-refractivity contribution is 4.80. The van der Waals surface area contributed by atoms with Gasteiger partial charge in [0.1, 0.15) is 0 Å². The largest absolute Gasteiger partial charge is 0.381 e. The molecule has 2 fully saturated rings. The van der Waals surface area contributed by atoms with Crippen LogP contribution in [0, 0.1) is 11.8 Å². The molecule has 0 spiro atoms. The van der Waals surface area contributed by atoms with Crippen molar-refractivity contribution in [1.82, 2.24) is 10.2 Å². The van der Waals surface area contributed by atoms with Gasteiger partial charge in [0, 0.05) is 25.8 Å². The molecule has 1 atom stereocenters. The lowest BCUT2D eigenvalue weighted by Crippen LogP contribution is -2.43. The number of likely N-dealkylation sites (tertiary alicyclic amines) is 1. The van der Waals surface area contributed by atoms with Crippen LogP contribution in [0.25, 0.3) is 0 Å². The lowest BCUT2D eigenvalue weighted by atomic mass is 9.89. The summed E-state index contributed by atoms with van der Waals surface area (Å²) < 4.78 is 5.43. The first-order valence-corrected chi connectivity index (χ1v) is 7.27. The fraction of sp³-hybridized carbons (Fsp3) is 1.00. The summed E-state index contributed by atoms with van der Waals surface area (Å²) in [6.45, 7) is 8.20. The summed E-state index contributed by atoms with van der Waals surface area (Å²) >= 11 is 0. The van der Waals surface area contributed by atoms with E-state index in [0.29, 0.717) is 6.04 Å². The van der Waals surface area contributed by atoms with Crippen LogP contribution < -0.4 is 5.32 Å². The summed E-state index contributed by atoms with van der Waals surface area (Å²) in [4.78, 5) is 2.68. The summed E-state index contributed by atoms with van der Waals surface area (Å²) in [5, 5.41) is 3.40. The molecule has 0 amide bonds. The monoisotopic (exact) mass is 240 g/mol. The zero-order chi connectivity index (χ0) is 12.1. The van der Waals surface area contributed by atoms with Gasteiger partial charge in [-0.05, 0) is 64.6 Å². The normalized spacial score (nSPS) is 27.2. The van der Waals surface area contributed by atoms with Crippen molar-refractivity contribution in [3.63, 3.8) is 0 Å². The fourth-order valence-electron chi connectivity index (χ4n) is 3.17. The molecule has 2 heterocycles. The van der Waals surface area contributed by atoms with E-state index in [-0.39, 0.29) is 0 Å². The predicted octanol–water partition coefficient (Wildman–Crippen LogP) is 1.73. The van der Waals surface area contributed by atoms with Crippen molar-refractivity contribution in [3.8, 4) is 0 Å². The van der Waals surface area contributed by atoms with Crippen molar-refractivity contribution in [3.05, 3.63) is 0 Å². The molecule has 3 nitrogen and oxygen atoms in total. The highest BCUT2D eigenvalue weighted by Gasteiger charge is 2.25. The van der Waals surface area contributed by atoms with E-state index in [9.17, 15) is 0 Å². The van der Waals surface area contributed by atoms with Crippen LogP contribution >= 0.6 is 0 Å². The molecule has 2 rings (SSSR count). The Balaban J connectivity index is 1.67. The van der Waals surface area contributed by atoms with Gasteiger partial charge in [0.15, 0.2) is 0 Å². The first-order chi connectivity index (χ1) is 8.29. The standard InChI is InChI=1S/C14H28N2O/c1-12(15-2)14-3-7-16(8-4-14)11-13-5-9-17-10-6-13/h12-15H,3-11H2,1-2H3. The van der Waals surface area contributed by atoms with Crippen LogP contribution in [0.1, 0.15) is 32.6 Å². The number of nitrogens with one attached hydrogen (secondary N) is 1. The molecule has 2 saturated heterocycles. The Labute approximate surface area is 106 Å². The van der Waals surface area contributed by atoms with Crippen LogP contribution in [-0.2, 0) is 4.74 Å². The minimum absolute atomic E-state index is 0.681. The summed E-state index contributed by atoms with van der Waals surface area (Å²) in [6.07, 6.45) is 5.27. The molecule has 17 heavy (non-hydrogen) atoms. The van der Waals surface area contributed by atoms with Crippen LogP contribution in [0.15, 0.2) is 0 Å². The van der Waals surface area contributed by atoms with Gasteiger partial charge >= 0.3 is 0 Å². The molecule has 3 heteroatoms. The predicted molar refractivity (Wildman–Crippen MR) is 71.2 cm³/mol. The minimum atomic E-state index is 0.681. The van der Waals surface area contributed by atoms with E-state index < -0.39 is 0 Å². The number of piperidine rings is 1. The maximum absolute atomic E-state index is 5.43. The van der Waals surface area contributed by atoms with Crippen molar-refractivity contribution in [1.29, 1.82) is 0 Å². The molecule has 0 saturated carbocycles. The lowest BCUT2D eigenvalue weighted by molar-refractivity contribution is 0.0456. The Morgan fingerprint density at radius 1 is 1.18 bits per heavy atom. The third-order valence-electron chi connectivity index (χ3n) is 4.65. The summed E-state index contributed by atoms with van der Waals surface area (Å²) in [6, 6.07) is 0.681. The molecular weight excluding hydrogens is 212 g/mol. The second kappa shape index (κ2) is 6.72. The molecule has 1 N–H and O–H groups in total. The van der Waals surface area contributed by atoms with Crippen LogP contribution in [0.5, 0.6) is 0 Å². The molecule has 2 aliphatic rings. The van der Waals surface area contributed by atoms with Crippen LogP contribution in [-0.4, -0.2) is 50.8 Å². The van der Waals surface area contributed by atoms with Gasteiger partial charge in [-0.1, -0.05) is 0 Å². The van der Waals surface area contributed by atoms with Gasteiger partial charge in [0.25, 0.3) is 0 Å². The third-order valence-corrected chi connectivity index (χ3v) is 4.65. The molecule has 0 aromatic heterocycles. The Bertz CT molecular complexity index is 208. The molecule has 0 aromatic rings. The van der Waals surface area contributed by atoms with E-state index >= 15 is 0 Å². The van der Waals surface area contributed by atoms with E-state index in [1.807, 2.05) is 0 Å². The van der Waals surface area contributed by atoms with Gasteiger partial charge in [0.05, 0.1) is 0 Å². The summed E-state index contributed by atoms with van der Waals surface area (Å²) in [5.41, 5.74) is 0. The number of nitrogens with zero attached hydrogens (tertiary/aromatic N) is 1. The highest BCUT2D eigenvalue weighted by Crippen LogP contribution is 2.23. The van der Waals surface area contributed by atoms with Gasteiger partial charge in [-0.3, -0.25) is 0 Å². The molecule has 0 aliphatic carbocycles. The van der Waals surface area contributed by atoms with Crippen molar-refractivity contribution >= 4 is 0 Å². The summed E-state index contributed by atoms with van der Waals surface area (Å²) in [5.74, 6) is 1.77. The van der Waals surface area contributed by atoms with Crippen molar-refractivity contribution < 1.29 is 4.74 Å². The average Bonchev–Trinajstić information content (AvgIpc) is 2.40. The number of ether oxygens (including phenoxy) is 1. The van der Waals surface area contributed by atoms with Gasteiger partial charge in [-0.25, -0.2) is 0 Å². The molecule has 0 bridgehead atoms. The van der Waals surface area contributed by atoms with Gasteiger partial charge < -0.3 is 15.0 Å². The highest BCUT2D eigenvalue weighted by atomic mass is 16.5. The zero-order valence-electron chi connectivity index (χ0n) is 11.5. The molecule has 1 unspecified atom stereocenters. The van der Waals surface area contributed by atoms with Gasteiger partial charge in [-0.15, -0.1) is 0 Å². The number of rotatable bonds is 4. The molecule has 2 aliphatic heterocycles. The van der Waals surface area contributed by atoms with Crippen molar-refractivity contribution in [2.75, 3.05) is 39.9 Å². The van der Waals surface area contributed by atoms with Crippen molar-refractivity contribution in [2.24, 2.45) is 11.8 Å². The van der Waals surface area contributed by atoms with Crippen LogP contribution in [0.4, 0.5) is 0 Å². The lowest BCUT2D eigenvalue weighted by Gasteiger charge is -2.37. The quantitative estimate of drug-likeness (QED) is 0.810. The van der Waals surface area contributed by atoms with Gasteiger partial charge in [0.2, 0.25) is 0 Å². The topological polar surface area (TPSA) is 24.5 Å². The Kier molecular flexibility index (Phi) is 5.26. The first-order valence-electron chi connectivity index (χ1n) is 7.27. The average molecular weight is 240 g/mol. The molecular formula is C14H28N2O. The van der Waals surface area contributed by atoms with Crippen molar-refractivity contribution in [2.45, 2.75) is 38.6 Å². The Morgan fingerprint density at radius 3 is 2.41 bits per heavy atom. The first kappa shape index (κ1) is 13.3. The maximum atomic E-state index is 5.43. The Morgan fingerprint density at radius 2 is 1.82 bits per heavy atom. The zero-order valence-corrected chi connectivity index (χ0v) is 11.5. The maximum Gasteiger partial charge on any atom is 0.0469 e. The second-order valence-electron chi connectivity index (χ2n) is 5.77. The van der Waals surface area contributed by atoms with Crippen LogP contribution in [0.3, 0.4) is 0 Å². The number of hydrogen-bond acceptors (Lipinski definition) is 3. The fourth-order valence-corrected chi connectivity index (χ4v) is 3.17. The molecule has 0 aromatic carbocycles. The third kappa shape index (κ3) is 3.94. The molecule has 0 radical (unpaired) electrons. The second-order valence-corrected chi connectivity index (χ2v) is 5.77. The van der Waals surface area contributed by atoms with E-state index in [4.69, 9.17) is 4.74 Å². The van der Waals surface area contributed by atoms with E-state index in [1.165, 1.54) is 45.3 Å². The molecule has 100 valence electrons. The summed E-state index contributed by atoms with van der Waals surface area (Å²) in [7, 11) is 2.08. The Hall–Kier alpha value is -0.120. The van der Waals surface area contributed by atoms with E-state index in [1.54, 1.807) is 0 Å².